The number of nitrogens with one attached hydrogen (secondary N) is 2. The summed E-state index contributed by atoms with van der Waals surface area (Å²) in [5, 5.41) is 16.8. The van der Waals surface area contributed by atoms with E-state index in [2.05, 4.69) is 39.8 Å². The molecule has 218 valence electrons. The van der Waals surface area contributed by atoms with Gasteiger partial charge in [0.05, 0.1) is 11.6 Å². The van der Waals surface area contributed by atoms with Crippen molar-refractivity contribution in [3.05, 3.63) is 59.7 Å². The zero-order valence-electron chi connectivity index (χ0n) is 24.2. The summed E-state index contributed by atoms with van der Waals surface area (Å²) in [5.41, 5.74) is 2.65. The normalized spacial score (nSPS) is 18.1. The average molecular weight is 566 g/mol. The number of amides is 2. The number of carbonyl (C=O) groups excluding carboxylic acids is 2. The number of anilines is 1. The van der Waals surface area contributed by atoms with Crippen LogP contribution >= 0.6 is 11.8 Å². The van der Waals surface area contributed by atoms with E-state index in [9.17, 15) is 14.7 Å². The molecule has 4 rings (SSSR count). The Labute approximate surface area is 244 Å². The van der Waals surface area contributed by atoms with Crippen LogP contribution in [0.15, 0.2) is 48.5 Å². The first-order valence-corrected chi connectivity index (χ1v) is 16.2. The first-order chi connectivity index (χ1) is 19.4. The fourth-order valence-electron chi connectivity index (χ4n) is 6.00. The molecule has 2 aromatic carbocycles. The third kappa shape index (κ3) is 8.92. The summed E-state index contributed by atoms with van der Waals surface area (Å²) in [6.45, 7) is 0.323. The Kier molecular flexibility index (Phi) is 11.6. The summed E-state index contributed by atoms with van der Waals surface area (Å²) < 4.78 is 0. The van der Waals surface area contributed by atoms with Gasteiger partial charge in [-0.25, -0.2) is 0 Å². The van der Waals surface area contributed by atoms with Gasteiger partial charge in [-0.05, 0) is 73.6 Å². The summed E-state index contributed by atoms with van der Waals surface area (Å²) in [6, 6.07) is 15.1. The molecular weight excluding hydrogens is 518 g/mol. The van der Waals surface area contributed by atoms with Crippen molar-refractivity contribution < 1.29 is 14.7 Å². The molecule has 40 heavy (non-hydrogen) atoms. The van der Waals surface area contributed by atoms with Gasteiger partial charge in [-0.1, -0.05) is 62.8 Å². The maximum atomic E-state index is 13.5. The molecule has 6 nitrogen and oxygen atoms in total. The molecule has 0 heterocycles. The molecule has 2 unspecified atom stereocenters. The van der Waals surface area contributed by atoms with E-state index in [0.29, 0.717) is 12.5 Å². The van der Waals surface area contributed by atoms with Gasteiger partial charge in [0, 0.05) is 37.5 Å². The third-order valence-electron chi connectivity index (χ3n) is 8.54. The van der Waals surface area contributed by atoms with Crippen LogP contribution in [-0.2, 0) is 11.2 Å². The lowest BCUT2D eigenvalue weighted by molar-refractivity contribution is -0.126. The van der Waals surface area contributed by atoms with Crippen LogP contribution in [0.5, 0.6) is 5.75 Å². The molecule has 2 saturated carbocycles. The van der Waals surface area contributed by atoms with Gasteiger partial charge in [0.25, 0.3) is 5.91 Å². The van der Waals surface area contributed by atoms with Crippen LogP contribution < -0.4 is 15.5 Å². The molecule has 0 saturated heterocycles. The first-order valence-electron chi connectivity index (χ1n) is 15.1. The number of thioether (sulfide) groups is 1. The van der Waals surface area contributed by atoms with Gasteiger partial charge in [-0.3, -0.25) is 9.59 Å². The van der Waals surface area contributed by atoms with Crippen molar-refractivity contribution in [2.75, 3.05) is 31.3 Å². The monoisotopic (exact) mass is 565 g/mol. The number of para-hydroxylation sites is 1. The fourth-order valence-corrected chi connectivity index (χ4v) is 7.56. The smallest absolute Gasteiger partial charge is 0.255 e. The predicted octanol–water partition coefficient (Wildman–Crippen LogP) is 6.18. The van der Waals surface area contributed by atoms with Crippen molar-refractivity contribution in [2.24, 2.45) is 11.8 Å². The minimum atomic E-state index is -0.318. The van der Waals surface area contributed by atoms with Gasteiger partial charge in [0.1, 0.15) is 5.75 Å². The maximum Gasteiger partial charge on any atom is 0.255 e. The molecule has 2 amide bonds. The highest BCUT2D eigenvalue weighted by molar-refractivity contribution is 7.99. The number of rotatable bonds is 12. The minimum Gasteiger partial charge on any atom is -0.507 e. The van der Waals surface area contributed by atoms with E-state index in [1.807, 2.05) is 25.9 Å². The lowest BCUT2D eigenvalue weighted by atomic mass is 9.88. The molecule has 0 aromatic heterocycles. The highest BCUT2D eigenvalue weighted by atomic mass is 32.2. The molecule has 3 N–H and O–H groups in total. The van der Waals surface area contributed by atoms with Crippen molar-refractivity contribution >= 4 is 29.3 Å². The van der Waals surface area contributed by atoms with Crippen molar-refractivity contribution in [2.45, 2.75) is 81.9 Å². The number of hydrogen-bond donors (Lipinski definition) is 3. The largest absolute Gasteiger partial charge is 0.507 e. The van der Waals surface area contributed by atoms with E-state index in [-0.39, 0.29) is 40.3 Å². The Morgan fingerprint density at radius 1 is 0.925 bits per heavy atom. The number of hydrogen-bond acceptors (Lipinski definition) is 5. The summed E-state index contributed by atoms with van der Waals surface area (Å²) in [4.78, 5) is 28.6. The average Bonchev–Trinajstić information content (AvgIpc) is 2.98. The van der Waals surface area contributed by atoms with Gasteiger partial charge in [-0.15, -0.1) is 0 Å². The number of phenolic OH excluding ortho intramolecular Hbond substituents is 1. The first kappa shape index (κ1) is 30.3. The molecule has 0 aliphatic heterocycles. The van der Waals surface area contributed by atoms with Crippen LogP contribution in [0.1, 0.15) is 80.1 Å². The zero-order valence-corrected chi connectivity index (χ0v) is 25.1. The summed E-state index contributed by atoms with van der Waals surface area (Å²) in [6.07, 6.45) is 12.6. The van der Waals surface area contributed by atoms with Crippen LogP contribution in [-0.4, -0.2) is 54.6 Å². The number of carbonyl (C=O) groups is 2. The molecular formula is C33H47N3O3S. The van der Waals surface area contributed by atoms with Crippen molar-refractivity contribution in [1.29, 1.82) is 0 Å². The molecule has 2 aliphatic rings. The van der Waals surface area contributed by atoms with Crippen LogP contribution in [0.25, 0.3) is 0 Å². The molecule has 7 heteroatoms. The third-order valence-corrected chi connectivity index (χ3v) is 10.1. The second kappa shape index (κ2) is 15.4. The van der Waals surface area contributed by atoms with E-state index in [4.69, 9.17) is 0 Å². The minimum absolute atomic E-state index is 0.0352. The van der Waals surface area contributed by atoms with E-state index in [1.165, 1.54) is 50.2 Å². The lowest BCUT2D eigenvalue weighted by Crippen LogP contribution is -2.51. The van der Waals surface area contributed by atoms with E-state index < -0.39 is 0 Å². The van der Waals surface area contributed by atoms with Crippen LogP contribution in [0, 0.1) is 11.8 Å². The topological polar surface area (TPSA) is 81.7 Å². The van der Waals surface area contributed by atoms with Gasteiger partial charge < -0.3 is 20.6 Å². The van der Waals surface area contributed by atoms with Crippen molar-refractivity contribution in [3.63, 3.8) is 0 Å². The summed E-state index contributed by atoms with van der Waals surface area (Å²) in [7, 11) is 4.09. The SMILES string of the molecule is CN(C)c1ccc(CC(SCC2CCCCC2)C(CNC(=O)c2ccccc2O)NC(=O)C2CCCCC2)cc1. The van der Waals surface area contributed by atoms with Crippen molar-refractivity contribution in [1.82, 2.24) is 10.6 Å². The molecule has 2 atom stereocenters. The molecule has 0 bridgehead atoms. The lowest BCUT2D eigenvalue weighted by Gasteiger charge is -2.32. The molecule has 2 fully saturated rings. The van der Waals surface area contributed by atoms with Gasteiger partial charge >= 0.3 is 0 Å². The second-order valence-corrected chi connectivity index (χ2v) is 13.1. The number of benzene rings is 2. The predicted molar refractivity (Wildman–Crippen MR) is 166 cm³/mol. The van der Waals surface area contributed by atoms with E-state index in [1.54, 1.807) is 18.2 Å². The standard InChI is InChI=1S/C33H47N3O3S/c1-36(2)27-19-17-24(18-20-27)21-31(40-23-25-11-5-3-6-12-25)29(35-32(38)26-13-7-4-8-14-26)22-34-33(39)28-15-9-10-16-30(28)37/h9-10,15-20,25-26,29,31,37H,3-8,11-14,21-23H2,1-2H3,(H,34,39)(H,35,38). The number of phenols is 1. The van der Waals surface area contributed by atoms with Gasteiger partial charge in [-0.2, -0.15) is 11.8 Å². The molecule has 0 radical (unpaired) electrons. The molecule has 2 aliphatic carbocycles. The van der Waals surface area contributed by atoms with Crippen LogP contribution in [0.2, 0.25) is 0 Å². The van der Waals surface area contributed by atoms with Crippen molar-refractivity contribution in [3.8, 4) is 5.75 Å². The van der Waals surface area contributed by atoms with Gasteiger partial charge in [0.15, 0.2) is 0 Å². The fraction of sp³-hybridized carbons (Fsp3) is 0.576. The maximum absolute atomic E-state index is 13.5. The van der Waals surface area contributed by atoms with Gasteiger partial charge in [0.2, 0.25) is 5.91 Å². The zero-order chi connectivity index (χ0) is 28.3. The van der Waals surface area contributed by atoms with E-state index >= 15 is 0 Å². The molecule has 2 aromatic rings. The Morgan fingerprint density at radius 3 is 2.23 bits per heavy atom. The Bertz CT molecular complexity index is 1080. The summed E-state index contributed by atoms with van der Waals surface area (Å²) in [5.74, 6) is 1.60. The Hall–Kier alpha value is -2.67. The number of nitrogens with zero attached hydrogens (tertiary/aromatic N) is 1. The highest BCUT2D eigenvalue weighted by Gasteiger charge is 2.30. The molecule has 0 spiro atoms. The van der Waals surface area contributed by atoms with Crippen LogP contribution in [0.4, 0.5) is 5.69 Å². The quantitative estimate of drug-likeness (QED) is 0.286. The Morgan fingerprint density at radius 2 is 1.57 bits per heavy atom. The van der Waals surface area contributed by atoms with Crippen LogP contribution in [0.3, 0.4) is 0 Å². The summed E-state index contributed by atoms with van der Waals surface area (Å²) >= 11 is 1.95. The Balaban J connectivity index is 1.54. The van der Waals surface area contributed by atoms with E-state index in [0.717, 1.165) is 43.5 Å². The highest BCUT2D eigenvalue weighted by Crippen LogP contribution is 2.31. The second-order valence-electron chi connectivity index (χ2n) is 11.8. The number of aromatic hydroxyl groups is 1.